The van der Waals surface area contributed by atoms with Gasteiger partial charge in [0.05, 0.1) is 0 Å². The van der Waals surface area contributed by atoms with Crippen molar-refractivity contribution in [1.82, 2.24) is 0 Å². The highest BCUT2D eigenvalue weighted by atomic mass is 14.1. The van der Waals surface area contributed by atoms with Crippen LogP contribution in [0.5, 0.6) is 0 Å². The first-order valence-corrected chi connectivity index (χ1v) is 6.51. The zero-order chi connectivity index (χ0) is 10.8. The van der Waals surface area contributed by atoms with Gasteiger partial charge in [-0.1, -0.05) is 72.1 Å². The lowest BCUT2D eigenvalue weighted by Gasteiger charge is -2.14. The van der Waals surface area contributed by atoms with Crippen molar-refractivity contribution in [1.29, 1.82) is 0 Å². The van der Waals surface area contributed by atoms with Gasteiger partial charge in [-0.05, 0) is 18.8 Å². The average Bonchev–Trinajstić information content (AvgIpc) is 2.16. The Balaban J connectivity index is 3.06. The van der Waals surface area contributed by atoms with Crippen LogP contribution < -0.4 is 0 Å². The molecule has 14 heavy (non-hydrogen) atoms. The summed E-state index contributed by atoms with van der Waals surface area (Å²) in [5.41, 5.74) is 0. The average molecular weight is 197 g/mol. The van der Waals surface area contributed by atoms with Gasteiger partial charge in [0.1, 0.15) is 0 Å². The topological polar surface area (TPSA) is 0 Å². The van der Waals surface area contributed by atoms with Crippen molar-refractivity contribution < 1.29 is 0 Å². The maximum Gasteiger partial charge on any atom is -0.0391 e. The lowest BCUT2D eigenvalue weighted by atomic mass is 9.92. The number of rotatable bonds is 9. The quantitative estimate of drug-likeness (QED) is 0.444. The highest BCUT2D eigenvalue weighted by Crippen LogP contribution is 2.18. The molecule has 0 spiro atoms. The molecule has 85 valence electrons. The van der Waals surface area contributed by atoms with Gasteiger partial charge in [0.2, 0.25) is 0 Å². The van der Waals surface area contributed by atoms with Crippen LogP contribution in [-0.4, -0.2) is 0 Å². The Morgan fingerprint density at radius 2 is 1.36 bits per heavy atom. The molecule has 0 nitrogen and oxygen atoms in total. The minimum Gasteiger partial charge on any atom is -0.0654 e. The van der Waals surface area contributed by atoms with Gasteiger partial charge in [-0.3, -0.25) is 0 Å². The summed E-state index contributed by atoms with van der Waals surface area (Å²) in [5, 5.41) is 0. The van der Waals surface area contributed by atoms with Crippen LogP contribution in [0.4, 0.5) is 0 Å². The normalized spacial score (nSPS) is 13.5. The Morgan fingerprint density at radius 1 is 0.857 bits per heavy atom. The first kappa shape index (κ1) is 14.0. The molecule has 0 heteroatoms. The van der Waals surface area contributed by atoms with Gasteiger partial charge in [-0.2, -0.15) is 0 Å². The Bertz CT molecular complexity index is 105. The molecule has 0 rings (SSSR count). The van der Waals surface area contributed by atoms with Crippen molar-refractivity contribution in [3.8, 4) is 0 Å². The van der Waals surface area contributed by atoms with Crippen molar-refractivity contribution >= 4 is 0 Å². The molecular weight excluding hydrogens is 168 g/mol. The van der Waals surface area contributed by atoms with Gasteiger partial charge < -0.3 is 0 Å². The zero-order valence-corrected chi connectivity index (χ0v) is 10.5. The van der Waals surface area contributed by atoms with E-state index in [0.717, 1.165) is 5.92 Å². The van der Waals surface area contributed by atoms with Gasteiger partial charge in [-0.15, -0.1) is 0 Å². The van der Waals surface area contributed by atoms with E-state index < -0.39 is 0 Å². The third kappa shape index (κ3) is 8.59. The van der Waals surface area contributed by atoms with Crippen LogP contribution in [0.1, 0.15) is 72.1 Å². The summed E-state index contributed by atoms with van der Waals surface area (Å²) in [6.07, 6.45) is 11.2. The Labute approximate surface area is 91.5 Å². The molecule has 0 heterocycles. The molecule has 1 unspecified atom stereocenters. The second kappa shape index (κ2) is 9.55. The fraction of sp³-hybridized carbons (Fsp3) is 0.929. The SMILES string of the molecule is [CH2]C(CCCCCCCCC)C(C)C. The Kier molecular flexibility index (Phi) is 9.55. The second-order valence-electron chi connectivity index (χ2n) is 4.91. The summed E-state index contributed by atoms with van der Waals surface area (Å²) >= 11 is 0. The highest BCUT2D eigenvalue weighted by Gasteiger charge is 2.05. The van der Waals surface area contributed by atoms with Gasteiger partial charge >= 0.3 is 0 Å². The lowest BCUT2D eigenvalue weighted by molar-refractivity contribution is 0.410. The molecule has 0 aromatic heterocycles. The summed E-state index contributed by atoms with van der Waals surface area (Å²) in [6.45, 7) is 11.0. The fourth-order valence-electron chi connectivity index (χ4n) is 1.70. The molecule has 0 bridgehead atoms. The molecular formula is C14H29. The van der Waals surface area contributed by atoms with Crippen molar-refractivity contribution in [2.24, 2.45) is 11.8 Å². The number of unbranched alkanes of at least 4 members (excludes halogenated alkanes) is 6. The first-order valence-electron chi connectivity index (χ1n) is 6.51. The molecule has 0 aromatic carbocycles. The predicted molar refractivity (Wildman–Crippen MR) is 66.3 cm³/mol. The summed E-state index contributed by atoms with van der Waals surface area (Å²) in [6, 6.07) is 0. The van der Waals surface area contributed by atoms with Crippen LogP contribution in [0.3, 0.4) is 0 Å². The largest absolute Gasteiger partial charge is 0.0654 e. The molecule has 0 saturated heterocycles. The van der Waals surface area contributed by atoms with E-state index in [0.29, 0.717) is 5.92 Å². The van der Waals surface area contributed by atoms with Crippen molar-refractivity contribution in [2.75, 3.05) is 0 Å². The number of hydrogen-bond acceptors (Lipinski definition) is 0. The van der Waals surface area contributed by atoms with E-state index in [-0.39, 0.29) is 0 Å². The molecule has 0 aliphatic heterocycles. The van der Waals surface area contributed by atoms with E-state index in [2.05, 4.69) is 27.7 Å². The molecule has 0 fully saturated rings. The second-order valence-corrected chi connectivity index (χ2v) is 4.91. The van der Waals surface area contributed by atoms with Crippen LogP contribution in [0, 0.1) is 18.8 Å². The maximum absolute atomic E-state index is 4.18. The molecule has 0 saturated carbocycles. The Morgan fingerprint density at radius 3 is 1.86 bits per heavy atom. The van der Waals surface area contributed by atoms with E-state index >= 15 is 0 Å². The Hall–Kier alpha value is 0. The van der Waals surface area contributed by atoms with Crippen LogP contribution in [0.25, 0.3) is 0 Å². The smallest absolute Gasteiger partial charge is 0.0391 e. The molecule has 0 N–H and O–H groups in total. The lowest BCUT2D eigenvalue weighted by Crippen LogP contribution is -2.03. The number of hydrogen-bond donors (Lipinski definition) is 0. The summed E-state index contributed by atoms with van der Waals surface area (Å²) in [5.74, 6) is 1.43. The standard InChI is InChI=1S/C14H29/c1-5-6-7-8-9-10-11-12-14(4)13(2)3/h13-14H,4-12H2,1-3H3. The fourth-order valence-corrected chi connectivity index (χ4v) is 1.70. The first-order chi connectivity index (χ1) is 6.68. The summed E-state index contributed by atoms with van der Waals surface area (Å²) in [7, 11) is 0. The predicted octanol–water partition coefficient (Wildman–Crippen LogP) is 5.23. The molecule has 1 atom stereocenters. The van der Waals surface area contributed by atoms with Crippen LogP contribution >= 0.6 is 0 Å². The molecule has 0 aliphatic rings. The van der Waals surface area contributed by atoms with Crippen molar-refractivity contribution in [3.05, 3.63) is 6.92 Å². The van der Waals surface area contributed by atoms with Gasteiger partial charge in [0, 0.05) is 0 Å². The summed E-state index contributed by atoms with van der Waals surface area (Å²) < 4.78 is 0. The van der Waals surface area contributed by atoms with Crippen molar-refractivity contribution in [2.45, 2.75) is 72.1 Å². The molecule has 0 aliphatic carbocycles. The third-order valence-electron chi connectivity index (χ3n) is 3.12. The van der Waals surface area contributed by atoms with E-state index in [1.807, 2.05) is 0 Å². The molecule has 0 amide bonds. The minimum atomic E-state index is 0.672. The van der Waals surface area contributed by atoms with E-state index in [9.17, 15) is 0 Å². The van der Waals surface area contributed by atoms with Gasteiger partial charge in [-0.25, -0.2) is 0 Å². The molecule has 0 aromatic rings. The third-order valence-corrected chi connectivity index (χ3v) is 3.12. The van der Waals surface area contributed by atoms with E-state index in [1.165, 1.54) is 51.4 Å². The van der Waals surface area contributed by atoms with E-state index in [4.69, 9.17) is 0 Å². The van der Waals surface area contributed by atoms with Crippen molar-refractivity contribution in [3.63, 3.8) is 0 Å². The summed E-state index contributed by atoms with van der Waals surface area (Å²) in [4.78, 5) is 0. The zero-order valence-electron chi connectivity index (χ0n) is 10.5. The van der Waals surface area contributed by atoms with Gasteiger partial charge in [0.15, 0.2) is 0 Å². The van der Waals surface area contributed by atoms with Crippen LogP contribution in [0.15, 0.2) is 0 Å². The molecule has 1 radical (unpaired) electrons. The maximum atomic E-state index is 4.18. The highest BCUT2D eigenvalue weighted by molar-refractivity contribution is 4.64. The van der Waals surface area contributed by atoms with Gasteiger partial charge in [0.25, 0.3) is 0 Å². The van der Waals surface area contributed by atoms with E-state index in [1.54, 1.807) is 0 Å². The minimum absolute atomic E-state index is 0.672. The van der Waals surface area contributed by atoms with Crippen LogP contribution in [-0.2, 0) is 0 Å². The monoisotopic (exact) mass is 197 g/mol. The van der Waals surface area contributed by atoms with Crippen LogP contribution in [0.2, 0.25) is 0 Å².